The summed E-state index contributed by atoms with van der Waals surface area (Å²) in [7, 11) is 0. The molecule has 0 aromatic carbocycles. The summed E-state index contributed by atoms with van der Waals surface area (Å²) in [5, 5.41) is 19.8. The van der Waals surface area contributed by atoms with Crippen LogP contribution in [-0.4, -0.2) is 38.9 Å². The first-order chi connectivity index (χ1) is 9.89. The van der Waals surface area contributed by atoms with E-state index in [-0.39, 0.29) is 33.9 Å². The Morgan fingerprint density at radius 3 is 2.24 bits per heavy atom. The fourth-order valence-electron chi connectivity index (χ4n) is 5.66. The Kier molecular flexibility index (Phi) is 4.07. The number of aliphatic hydroxyl groups is 2. The number of esters is 1. The van der Waals surface area contributed by atoms with E-state index in [1.165, 1.54) is 0 Å². The van der Waals surface area contributed by atoms with Gasteiger partial charge in [0.1, 0.15) is 9.53 Å². The van der Waals surface area contributed by atoms with Gasteiger partial charge in [0.2, 0.25) is 0 Å². The molecule has 5 heteroatoms. The minimum Gasteiger partial charge on any atom is -0.458 e. The average Bonchev–Trinajstić information content (AvgIpc) is 2.44. The molecule has 21 heavy (non-hydrogen) atoms. The number of aliphatic hydroxyl groups excluding tert-OH is 2. The minimum absolute atomic E-state index is 0.106. The second-order valence-corrected chi connectivity index (χ2v) is 9.31. The van der Waals surface area contributed by atoms with Crippen molar-refractivity contribution in [3.05, 3.63) is 0 Å². The summed E-state index contributed by atoms with van der Waals surface area (Å²) in [6.45, 7) is 2.28. The van der Waals surface area contributed by atoms with Crippen molar-refractivity contribution in [1.29, 1.82) is 0 Å². The molecule has 0 saturated heterocycles. The maximum atomic E-state index is 12.3. The molecule has 3 unspecified atom stereocenters. The zero-order valence-electron chi connectivity index (χ0n) is 12.6. The van der Waals surface area contributed by atoms with Gasteiger partial charge in [0.05, 0.1) is 0 Å². The lowest BCUT2D eigenvalue weighted by Gasteiger charge is -2.65. The summed E-state index contributed by atoms with van der Waals surface area (Å²) in [5.74, 6) is 0.351. The fraction of sp³-hybridized carbons (Fsp3) is 0.938. The highest BCUT2D eigenvalue weighted by atomic mass is 127. The van der Waals surface area contributed by atoms with Crippen molar-refractivity contribution in [2.24, 2.45) is 16.7 Å². The van der Waals surface area contributed by atoms with Crippen molar-refractivity contribution in [3.8, 4) is 0 Å². The van der Waals surface area contributed by atoms with Gasteiger partial charge in [-0.3, -0.25) is 4.79 Å². The molecule has 4 bridgehead atoms. The zero-order chi connectivity index (χ0) is 15.3. The van der Waals surface area contributed by atoms with Gasteiger partial charge in [-0.2, -0.15) is 0 Å². The number of hydrogen-bond donors (Lipinski definition) is 2. The molecule has 4 nitrogen and oxygen atoms in total. The molecule has 4 aliphatic carbocycles. The zero-order valence-corrected chi connectivity index (χ0v) is 14.8. The molecule has 4 aliphatic rings. The number of carbonyl (C=O) groups excluding carboxylic acids is 1. The Bertz CT molecular complexity index is 418. The van der Waals surface area contributed by atoms with Crippen molar-refractivity contribution >= 4 is 28.6 Å². The molecular weight excluding hydrogens is 383 g/mol. The van der Waals surface area contributed by atoms with Gasteiger partial charge in [0.15, 0.2) is 0 Å². The maximum absolute atomic E-state index is 12.3. The second-order valence-electron chi connectivity index (χ2n) is 7.80. The van der Waals surface area contributed by atoms with Crippen molar-refractivity contribution in [2.75, 3.05) is 13.2 Å². The van der Waals surface area contributed by atoms with Gasteiger partial charge in [0, 0.05) is 13.2 Å². The van der Waals surface area contributed by atoms with E-state index in [0.717, 1.165) is 44.9 Å². The van der Waals surface area contributed by atoms with Crippen molar-refractivity contribution in [3.63, 3.8) is 0 Å². The molecule has 4 rings (SSSR count). The first-order valence-corrected chi connectivity index (χ1v) is 9.23. The van der Waals surface area contributed by atoms with Gasteiger partial charge in [0.25, 0.3) is 0 Å². The summed E-state index contributed by atoms with van der Waals surface area (Å²) in [6.07, 6.45) is 6.15. The predicted molar refractivity (Wildman–Crippen MR) is 87.2 cm³/mol. The van der Waals surface area contributed by atoms with Crippen LogP contribution in [0.1, 0.15) is 51.9 Å². The first kappa shape index (κ1) is 16.0. The Morgan fingerprint density at radius 1 is 1.19 bits per heavy atom. The third-order valence-electron chi connectivity index (χ3n) is 5.85. The summed E-state index contributed by atoms with van der Waals surface area (Å²) < 4.78 is 5.88. The Morgan fingerprint density at radius 2 is 1.76 bits per heavy atom. The molecule has 3 atom stereocenters. The monoisotopic (exact) mass is 408 g/mol. The molecule has 0 amide bonds. The quantitative estimate of drug-likeness (QED) is 0.417. The van der Waals surface area contributed by atoms with Crippen LogP contribution >= 0.6 is 22.6 Å². The van der Waals surface area contributed by atoms with E-state index in [1.54, 1.807) is 0 Å². The molecule has 4 saturated carbocycles. The highest BCUT2D eigenvalue weighted by Gasteiger charge is 2.64. The van der Waals surface area contributed by atoms with E-state index in [1.807, 2.05) is 6.92 Å². The van der Waals surface area contributed by atoms with Crippen LogP contribution in [0.2, 0.25) is 0 Å². The number of carbonyl (C=O) groups is 1. The number of ether oxygens (including phenoxy) is 1. The lowest BCUT2D eigenvalue weighted by atomic mass is 9.43. The van der Waals surface area contributed by atoms with Crippen LogP contribution in [0.3, 0.4) is 0 Å². The van der Waals surface area contributed by atoms with Gasteiger partial charge in [-0.15, -0.1) is 0 Å². The van der Waals surface area contributed by atoms with Crippen molar-refractivity contribution in [2.45, 2.75) is 61.4 Å². The lowest BCUT2D eigenvalue weighted by Crippen LogP contribution is -2.63. The van der Waals surface area contributed by atoms with Crippen LogP contribution in [0.5, 0.6) is 0 Å². The Labute approximate surface area is 139 Å². The summed E-state index contributed by atoms with van der Waals surface area (Å²) in [5.41, 5.74) is -0.731. The molecule has 0 aromatic rings. The predicted octanol–water partition coefficient (Wildman–Crippen LogP) is 2.44. The van der Waals surface area contributed by atoms with E-state index in [0.29, 0.717) is 5.92 Å². The number of rotatable bonds is 5. The van der Waals surface area contributed by atoms with Crippen molar-refractivity contribution in [1.82, 2.24) is 0 Å². The van der Waals surface area contributed by atoms with Gasteiger partial charge >= 0.3 is 5.97 Å². The number of halogens is 1. The SMILES string of the molecule is CCC(I)C(=O)OC12CC3CC(CO)(CC(CO)(C3)C1)C2. The van der Waals surface area contributed by atoms with Crippen LogP contribution in [0.15, 0.2) is 0 Å². The van der Waals surface area contributed by atoms with Gasteiger partial charge < -0.3 is 14.9 Å². The van der Waals surface area contributed by atoms with Crippen LogP contribution in [0.25, 0.3) is 0 Å². The third kappa shape index (κ3) is 2.63. The smallest absolute Gasteiger partial charge is 0.319 e. The normalized spacial score (nSPS) is 45.6. The molecule has 2 N–H and O–H groups in total. The summed E-state index contributed by atoms with van der Waals surface area (Å²) in [4.78, 5) is 12.3. The van der Waals surface area contributed by atoms with E-state index in [4.69, 9.17) is 4.74 Å². The summed E-state index contributed by atoms with van der Waals surface area (Å²) in [6, 6.07) is 0. The van der Waals surface area contributed by atoms with Gasteiger partial charge in [-0.05, 0) is 61.7 Å². The Hall–Kier alpha value is 0.120. The van der Waals surface area contributed by atoms with Gasteiger partial charge in [-0.25, -0.2) is 0 Å². The highest BCUT2D eigenvalue weighted by Crippen LogP contribution is 2.67. The Balaban J connectivity index is 1.87. The topological polar surface area (TPSA) is 66.8 Å². The van der Waals surface area contributed by atoms with E-state index < -0.39 is 5.60 Å². The molecule has 0 radical (unpaired) electrons. The molecule has 4 fully saturated rings. The fourth-order valence-corrected chi connectivity index (χ4v) is 5.79. The minimum atomic E-state index is -0.444. The van der Waals surface area contributed by atoms with Crippen LogP contribution in [0, 0.1) is 16.7 Å². The molecule has 0 aromatic heterocycles. The molecule has 0 heterocycles. The van der Waals surface area contributed by atoms with E-state index in [2.05, 4.69) is 22.6 Å². The lowest BCUT2D eigenvalue weighted by molar-refractivity contribution is -0.234. The van der Waals surface area contributed by atoms with E-state index >= 15 is 0 Å². The first-order valence-electron chi connectivity index (χ1n) is 7.98. The standard InChI is InChI=1S/C16H25IO4/c1-2-12(17)13(20)21-16-5-11-3-14(7-16,9-18)6-15(4-11,8-16)10-19/h11-12,18-19H,2-10H2,1H3. The van der Waals surface area contributed by atoms with Crippen LogP contribution < -0.4 is 0 Å². The molecule has 0 spiro atoms. The average molecular weight is 408 g/mol. The summed E-state index contributed by atoms with van der Waals surface area (Å²) >= 11 is 2.14. The number of alkyl halides is 1. The highest BCUT2D eigenvalue weighted by molar-refractivity contribution is 14.1. The molecule has 120 valence electrons. The second kappa shape index (κ2) is 5.34. The van der Waals surface area contributed by atoms with Gasteiger partial charge in [-0.1, -0.05) is 29.5 Å². The molecular formula is C16H25IO4. The van der Waals surface area contributed by atoms with Crippen LogP contribution in [0.4, 0.5) is 0 Å². The number of hydrogen-bond acceptors (Lipinski definition) is 4. The van der Waals surface area contributed by atoms with Crippen molar-refractivity contribution < 1.29 is 19.7 Å². The van der Waals surface area contributed by atoms with Crippen LogP contribution in [-0.2, 0) is 9.53 Å². The third-order valence-corrected chi connectivity index (χ3v) is 7.24. The molecule has 0 aliphatic heterocycles. The largest absolute Gasteiger partial charge is 0.458 e. The maximum Gasteiger partial charge on any atom is 0.319 e. The van der Waals surface area contributed by atoms with E-state index in [9.17, 15) is 15.0 Å².